The third kappa shape index (κ3) is 10.8. The third-order valence-corrected chi connectivity index (χ3v) is 12.3. The van der Waals surface area contributed by atoms with Crippen molar-refractivity contribution < 1.29 is 65.6 Å². The minimum Gasteiger partial charge on any atom is -0.481 e. The molecule has 6 heterocycles. The number of methoxy groups -OCH3 is 2. The molecule has 4 aromatic heterocycles. The summed E-state index contributed by atoms with van der Waals surface area (Å²) in [6, 6.07) is 20.0. The molecule has 2 aromatic carbocycles. The number of ether oxygens (including phenoxy) is 6. The Morgan fingerprint density at radius 2 is 1.07 bits per heavy atom. The van der Waals surface area contributed by atoms with Crippen molar-refractivity contribution in [2.75, 3.05) is 14.2 Å². The summed E-state index contributed by atoms with van der Waals surface area (Å²) in [6.07, 6.45) is -1.12. The number of carbonyl (C=O) groups is 2. The van der Waals surface area contributed by atoms with Crippen LogP contribution < -0.4 is 33.9 Å². The Labute approximate surface area is 405 Å². The van der Waals surface area contributed by atoms with Crippen LogP contribution in [0, 0.1) is 27.7 Å². The molecule has 2 fully saturated rings. The number of ketones is 2. The first-order chi connectivity index (χ1) is 33.1. The fourth-order valence-electron chi connectivity index (χ4n) is 8.46. The van der Waals surface area contributed by atoms with Crippen molar-refractivity contribution in [1.82, 2.24) is 19.9 Å². The molecule has 20 heteroatoms. The number of aryl methyl sites for hydroxylation is 4. The van der Waals surface area contributed by atoms with E-state index in [0.29, 0.717) is 64.9 Å². The highest BCUT2D eigenvalue weighted by molar-refractivity contribution is 6.59. The van der Waals surface area contributed by atoms with Gasteiger partial charge in [0, 0.05) is 42.1 Å². The lowest BCUT2D eigenvalue weighted by Crippen LogP contribution is -2.32. The average Bonchev–Trinajstić information content (AvgIpc) is 4.22. The first kappa shape index (κ1) is 49.6. The van der Waals surface area contributed by atoms with Crippen LogP contribution in [-0.2, 0) is 33.3 Å². The van der Waals surface area contributed by atoms with Crippen LogP contribution in [0.3, 0.4) is 0 Å². The number of hydrogen-bond acceptors (Lipinski definition) is 14. The van der Waals surface area contributed by atoms with Crippen LogP contribution in [0.15, 0.2) is 85.2 Å². The molecule has 70 heavy (non-hydrogen) atoms. The zero-order valence-corrected chi connectivity index (χ0v) is 39.5. The van der Waals surface area contributed by atoms with Gasteiger partial charge in [-0.15, -0.1) is 17.6 Å². The van der Waals surface area contributed by atoms with Gasteiger partial charge in [0.15, 0.2) is 23.0 Å². The van der Waals surface area contributed by atoms with Crippen LogP contribution in [-0.4, -0.2) is 75.5 Å². The molecule has 2 aliphatic heterocycles. The molecule has 14 nitrogen and oxygen atoms in total. The molecule has 0 spiro atoms. The summed E-state index contributed by atoms with van der Waals surface area (Å²) >= 11 is 5.95. The van der Waals surface area contributed by atoms with Gasteiger partial charge in [0.25, 0.3) is 0 Å². The fraction of sp³-hybridized carbons (Fsp3) is 0.320. The van der Waals surface area contributed by atoms with Crippen LogP contribution in [0.2, 0.25) is 5.15 Å². The molecule has 4 aliphatic rings. The molecule has 0 amide bonds. The van der Waals surface area contributed by atoms with Gasteiger partial charge in [-0.2, -0.15) is 0 Å². The Hall–Kier alpha value is -6.83. The molecule has 10 rings (SSSR count). The van der Waals surface area contributed by atoms with Gasteiger partial charge >= 0.3 is 19.7 Å². The second kappa shape index (κ2) is 19.2. The smallest absolute Gasteiger partial charge is 0.481 e. The lowest BCUT2D eigenvalue weighted by atomic mass is 9.80. The first-order valence-electron chi connectivity index (χ1n) is 22.0. The zero-order chi connectivity index (χ0) is 50.3. The highest BCUT2D eigenvalue weighted by Gasteiger charge is 2.53. The van der Waals surface area contributed by atoms with Crippen LogP contribution >= 0.6 is 11.6 Å². The van der Waals surface area contributed by atoms with E-state index in [1.165, 1.54) is 31.4 Å². The number of halogens is 5. The highest BCUT2D eigenvalue weighted by Crippen LogP contribution is 2.54. The van der Waals surface area contributed by atoms with Gasteiger partial charge in [-0.3, -0.25) is 14.6 Å². The summed E-state index contributed by atoms with van der Waals surface area (Å²) in [6.45, 7) is 7.58. The summed E-state index contributed by atoms with van der Waals surface area (Å²) < 4.78 is 81.3. The van der Waals surface area contributed by atoms with E-state index >= 15 is 0 Å². The number of carbonyl (C=O) groups excluding carboxylic acids is 2. The number of Topliss-reactive ketones (excluding diaryl/α,β-unsaturated/α-hetero) is 2. The van der Waals surface area contributed by atoms with E-state index in [2.05, 4.69) is 33.9 Å². The summed E-state index contributed by atoms with van der Waals surface area (Å²) in [7, 11) is 1.45. The van der Waals surface area contributed by atoms with Gasteiger partial charge in [-0.05, 0) is 141 Å². The number of fused-ring (bicyclic) bond motifs is 2. The number of alkyl halides is 4. The Bertz CT molecular complexity index is 2990. The molecule has 2 aliphatic carbocycles. The zero-order valence-electron chi connectivity index (χ0n) is 38.7. The van der Waals surface area contributed by atoms with Gasteiger partial charge in [0.1, 0.15) is 16.7 Å². The molecular formula is C50H46BClF4N4O10. The predicted molar refractivity (Wildman–Crippen MR) is 247 cm³/mol. The minimum atomic E-state index is -3.69. The fourth-order valence-corrected chi connectivity index (χ4v) is 8.74. The lowest BCUT2D eigenvalue weighted by Gasteiger charge is -2.16. The molecule has 0 radical (unpaired) electrons. The molecular weight excluding hydrogens is 939 g/mol. The van der Waals surface area contributed by atoms with Crippen molar-refractivity contribution in [3.8, 4) is 46.0 Å². The van der Waals surface area contributed by atoms with E-state index in [-0.39, 0.29) is 58.7 Å². The van der Waals surface area contributed by atoms with Crippen LogP contribution in [0.1, 0.15) is 70.5 Å². The number of pyridine rings is 4. The SMILES string of the molecule is COc1ncc(C)cc1-c1cc(C)cc(CC(=O)C2(c3ccc4c(c3)OC(F)(F)O4)CC2)n1.COc1ncc(C)cc1B(O)O.Cc1cc(Cl)nc(CC(=O)C2(c3ccc4c(c3)OC(F)(F)O4)CC2)c1. The van der Waals surface area contributed by atoms with Crippen LogP contribution in [0.5, 0.6) is 34.8 Å². The van der Waals surface area contributed by atoms with E-state index < -0.39 is 30.5 Å². The maximum absolute atomic E-state index is 13.4. The Morgan fingerprint density at radius 3 is 1.54 bits per heavy atom. The minimum absolute atomic E-state index is 0.00714. The van der Waals surface area contributed by atoms with E-state index in [0.717, 1.165) is 27.8 Å². The van der Waals surface area contributed by atoms with Gasteiger partial charge in [-0.1, -0.05) is 29.8 Å². The molecule has 0 unspecified atom stereocenters. The lowest BCUT2D eigenvalue weighted by molar-refractivity contribution is -0.287. The number of benzene rings is 2. The topological polar surface area (TPSA) is 182 Å². The molecule has 0 atom stereocenters. The normalized spacial score (nSPS) is 16.4. The number of hydrogen-bond donors (Lipinski definition) is 2. The Kier molecular flexibility index (Phi) is 13.6. The first-order valence-corrected chi connectivity index (χ1v) is 22.3. The Morgan fingerprint density at radius 1 is 0.614 bits per heavy atom. The van der Waals surface area contributed by atoms with Gasteiger partial charge in [0.05, 0.1) is 36.3 Å². The van der Waals surface area contributed by atoms with Crippen LogP contribution in [0.25, 0.3) is 11.3 Å². The van der Waals surface area contributed by atoms with Gasteiger partial charge in [-0.25, -0.2) is 15.0 Å². The molecule has 6 aromatic rings. The van der Waals surface area contributed by atoms with Crippen molar-refractivity contribution in [3.05, 3.63) is 135 Å². The third-order valence-electron chi connectivity index (χ3n) is 12.1. The van der Waals surface area contributed by atoms with E-state index in [9.17, 15) is 27.2 Å². The van der Waals surface area contributed by atoms with Crippen molar-refractivity contribution in [1.29, 1.82) is 0 Å². The largest absolute Gasteiger partial charge is 0.586 e. The monoisotopic (exact) mass is 984 g/mol. The summed E-state index contributed by atoms with van der Waals surface area (Å²) in [5.74, 6) is 0.549. The van der Waals surface area contributed by atoms with E-state index in [1.807, 2.05) is 52.0 Å². The number of aromatic nitrogens is 4. The molecule has 0 saturated heterocycles. The van der Waals surface area contributed by atoms with E-state index in [4.69, 9.17) is 36.1 Å². The summed E-state index contributed by atoms with van der Waals surface area (Å²) in [4.78, 5) is 43.3. The molecule has 2 saturated carbocycles. The molecule has 0 bridgehead atoms. The number of rotatable bonds is 12. The van der Waals surface area contributed by atoms with E-state index in [1.54, 1.807) is 43.8 Å². The second-order valence-electron chi connectivity index (χ2n) is 17.6. The standard InChI is InChI=1S/C25H22F2N2O4.C18H14ClF2NO3.C7H10BNO3/c1-14-8-17(29-19(10-14)18-9-15(2)13-28-23(18)31-3)12-22(30)24(6-7-24)16-4-5-20-21(11-16)33-25(26,27)32-20;1-10-6-12(22-16(19)7-10)9-15(23)17(4-5-17)11-2-3-13-14(8-11)25-18(20,21)24-13;1-5-3-6(8(10)11)7(12-2)9-4-5/h4-5,8-11,13H,6-7,12H2,1-3H3;2-3,6-8H,4-5,9H2,1H3;3-4,10-11H,1-2H3. The van der Waals surface area contributed by atoms with Crippen molar-refractivity contribution in [2.45, 2.75) is 89.6 Å². The van der Waals surface area contributed by atoms with Crippen LogP contribution in [0.4, 0.5) is 17.6 Å². The van der Waals surface area contributed by atoms with Crippen molar-refractivity contribution in [3.63, 3.8) is 0 Å². The quantitative estimate of drug-likeness (QED) is 0.0680. The van der Waals surface area contributed by atoms with Gasteiger partial charge in [0.2, 0.25) is 11.8 Å². The van der Waals surface area contributed by atoms with Crippen molar-refractivity contribution in [2.24, 2.45) is 0 Å². The highest BCUT2D eigenvalue weighted by atomic mass is 35.5. The molecule has 364 valence electrons. The summed E-state index contributed by atoms with van der Waals surface area (Å²) in [5.41, 5.74) is 6.62. The van der Waals surface area contributed by atoms with Crippen molar-refractivity contribution >= 4 is 35.7 Å². The number of nitrogens with zero attached hydrogens (tertiary/aromatic N) is 4. The summed E-state index contributed by atoms with van der Waals surface area (Å²) in [5, 5.41) is 18.1. The second-order valence-corrected chi connectivity index (χ2v) is 17.9. The predicted octanol–water partition coefficient (Wildman–Crippen LogP) is 8.22. The maximum atomic E-state index is 13.4. The Balaban J connectivity index is 0.000000156. The molecule has 2 N–H and O–H groups in total. The maximum Gasteiger partial charge on any atom is 0.586 e. The average molecular weight is 985 g/mol. The van der Waals surface area contributed by atoms with Gasteiger partial charge < -0.3 is 38.5 Å².